The van der Waals surface area contributed by atoms with Crippen LogP contribution in [-0.4, -0.2) is 49.6 Å². The number of hydrogen-bond donors (Lipinski definition) is 1. The normalized spacial score (nSPS) is 23.5. The maximum atomic E-state index is 12.3. The van der Waals surface area contributed by atoms with E-state index in [1.54, 1.807) is 12.0 Å². The van der Waals surface area contributed by atoms with Crippen molar-refractivity contribution < 1.29 is 19.1 Å². The number of amides is 2. The van der Waals surface area contributed by atoms with Gasteiger partial charge in [0, 0.05) is 32.7 Å². The first-order valence-electron chi connectivity index (χ1n) is 8.45. The molecule has 2 heterocycles. The van der Waals surface area contributed by atoms with E-state index in [0.29, 0.717) is 19.6 Å². The summed E-state index contributed by atoms with van der Waals surface area (Å²) in [5, 5.41) is 2.93. The van der Waals surface area contributed by atoms with Crippen molar-refractivity contribution >= 4 is 11.8 Å². The fourth-order valence-electron chi connectivity index (χ4n) is 3.26. The average molecular weight is 332 g/mol. The van der Waals surface area contributed by atoms with Gasteiger partial charge in [0.1, 0.15) is 5.75 Å². The minimum absolute atomic E-state index is 0.0232. The summed E-state index contributed by atoms with van der Waals surface area (Å²) < 4.78 is 10.7. The molecule has 2 atom stereocenters. The number of ether oxygens (including phenoxy) is 2. The van der Waals surface area contributed by atoms with Gasteiger partial charge >= 0.3 is 0 Å². The highest BCUT2D eigenvalue weighted by Crippen LogP contribution is 2.22. The Morgan fingerprint density at radius 3 is 3.08 bits per heavy atom. The topological polar surface area (TPSA) is 67.9 Å². The van der Waals surface area contributed by atoms with Crippen LogP contribution in [0.1, 0.15) is 24.8 Å². The zero-order chi connectivity index (χ0) is 16.9. The number of nitrogens with zero attached hydrogens (tertiary/aromatic N) is 1. The SMILES string of the molecule is COc1cccc(CN2C[C@@H](C(=O)NC[C@@H]3CCCO3)CC2=O)c1. The van der Waals surface area contributed by atoms with E-state index >= 15 is 0 Å². The summed E-state index contributed by atoms with van der Waals surface area (Å²) in [4.78, 5) is 26.2. The van der Waals surface area contributed by atoms with Gasteiger partial charge in [-0.2, -0.15) is 0 Å². The highest BCUT2D eigenvalue weighted by molar-refractivity contribution is 5.89. The van der Waals surface area contributed by atoms with Crippen molar-refractivity contribution in [2.24, 2.45) is 5.92 Å². The van der Waals surface area contributed by atoms with E-state index in [1.165, 1.54) is 0 Å². The Hall–Kier alpha value is -2.08. The molecule has 24 heavy (non-hydrogen) atoms. The van der Waals surface area contributed by atoms with E-state index in [0.717, 1.165) is 30.8 Å². The van der Waals surface area contributed by atoms with Crippen molar-refractivity contribution in [1.29, 1.82) is 0 Å². The molecule has 2 amide bonds. The molecular formula is C18H24N2O4. The average Bonchev–Trinajstić information content (AvgIpc) is 3.23. The fraction of sp³-hybridized carbons (Fsp3) is 0.556. The van der Waals surface area contributed by atoms with Gasteiger partial charge in [0.05, 0.1) is 19.1 Å². The van der Waals surface area contributed by atoms with Crippen LogP contribution < -0.4 is 10.1 Å². The minimum atomic E-state index is -0.274. The Labute approximate surface area is 142 Å². The standard InChI is InChI=1S/C18H24N2O4/c1-23-15-5-2-4-13(8-15)11-20-12-14(9-17(20)21)18(22)19-10-16-6-3-7-24-16/h2,4-5,8,14,16H,3,6-7,9-12H2,1H3,(H,19,22)/t14-,16-/m0/s1. The molecule has 2 saturated heterocycles. The van der Waals surface area contributed by atoms with Crippen LogP contribution in [0.15, 0.2) is 24.3 Å². The highest BCUT2D eigenvalue weighted by atomic mass is 16.5. The molecule has 0 radical (unpaired) electrons. The maximum Gasteiger partial charge on any atom is 0.225 e. The molecule has 6 heteroatoms. The van der Waals surface area contributed by atoms with Crippen LogP contribution >= 0.6 is 0 Å². The van der Waals surface area contributed by atoms with Gasteiger partial charge in [-0.1, -0.05) is 12.1 Å². The Bertz CT molecular complexity index is 598. The predicted molar refractivity (Wildman–Crippen MR) is 88.5 cm³/mol. The minimum Gasteiger partial charge on any atom is -0.497 e. The molecule has 0 unspecified atom stereocenters. The number of likely N-dealkylation sites (tertiary alicyclic amines) is 1. The molecule has 1 N–H and O–H groups in total. The van der Waals surface area contributed by atoms with Crippen LogP contribution in [0.2, 0.25) is 0 Å². The van der Waals surface area contributed by atoms with Crippen LogP contribution in [-0.2, 0) is 20.9 Å². The lowest BCUT2D eigenvalue weighted by molar-refractivity contribution is -0.129. The van der Waals surface area contributed by atoms with Crippen LogP contribution in [0, 0.1) is 5.92 Å². The zero-order valence-electron chi connectivity index (χ0n) is 14.0. The van der Waals surface area contributed by atoms with E-state index < -0.39 is 0 Å². The van der Waals surface area contributed by atoms with Gasteiger partial charge in [-0.25, -0.2) is 0 Å². The lowest BCUT2D eigenvalue weighted by atomic mass is 10.1. The molecule has 3 rings (SSSR count). The molecule has 0 saturated carbocycles. The monoisotopic (exact) mass is 332 g/mol. The molecule has 6 nitrogen and oxygen atoms in total. The summed E-state index contributed by atoms with van der Waals surface area (Å²) in [6.07, 6.45) is 2.45. The van der Waals surface area contributed by atoms with Crippen molar-refractivity contribution in [3.05, 3.63) is 29.8 Å². The van der Waals surface area contributed by atoms with Gasteiger partial charge in [-0.15, -0.1) is 0 Å². The Kier molecular flexibility index (Phi) is 5.35. The van der Waals surface area contributed by atoms with E-state index in [-0.39, 0.29) is 30.3 Å². The van der Waals surface area contributed by atoms with Crippen molar-refractivity contribution in [3.8, 4) is 5.75 Å². The summed E-state index contributed by atoms with van der Waals surface area (Å²) in [7, 11) is 1.62. The maximum absolute atomic E-state index is 12.3. The predicted octanol–water partition coefficient (Wildman–Crippen LogP) is 1.34. The molecule has 1 aromatic rings. The molecule has 130 valence electrons. The first kappa shape index (κ1) is 16.8. The molecule has 2 aliphatic heterocycles. The van der Waals surface area contributed by atoms with Gasteiger partial charge in [0.15, 0.2) is 0 Å². The molecule has 1 aromatic carbocycles. The van der Waals surface area contributed by atoms with Crippen molar-refractivity contribution in [3.63, 3.8) is 0 Å². The van der Waals surface area contributed by atoms with Gasteiger partial charge in [-0.3, -0.25) is 9.59 Å². The van der Waals surface area contributed by atoms with Gasteiger partial charge in [0.2, 0.25) is 11.8 Å². The first-order chi connectivity index (χ1) is 11.7. The largest absolute Gasteiger partial charge is 0.497 e. The Morgan fingerprint density at radius 1 is 1.46 bits per heavy atom. The van der Waals surface area contributed by atoms with E-state index in [4.69, 9.17) is 9.47 Å². The van der Waals surface area contributed by atoms with E-state index in [1.807, 2.05) is 24.3 Å². The molecule has 0 bridgehead atoms. The number of nitrogens with one attached hydrogen (secondary N) is 1. The summed E-state index contributed by atoms with van der Waals surface area (Å²) in [6.45, 7) is 2.29. The smallest absolute Gasteiger partial charge is 0.225 e. The second-order valence-corrected chi connectivity index (χ2v) is 6.41. The van der Waals surface area contributed by atoms with Crippen LogP contribution in [0.25, 0.3) is 0 Å². The zero-order valence-corrected chi connectivity index (χ0v) is 14.0. The van der Waals surface area contributed by atoms with Crippen LogP contribution in [0.3, 0.4) is 0 Å². The van der Waals surface area contributed by atoms with Gasteiger partial charge < -0.3 is 19.7 Å². The number of benzene rings is 1. The first-order valence-corrected chi connectivity index (χ1v) is 8.45. The molecule has 0 spiro atoms. The third kappa shape index (κ3) is 4.06. The van der Waals surface area contributed by atoms with Gasteiger partial charge in [-0.05, 0) is 30.5 Å². The summed E-state index contributed by atoms with van der Waals surface area (Å²) in [5.41, 5.74) is 1.00. The van der Waals surface area contributed by atoms with Crippen molar-refractivity contribution in [2.75, 3.05) is 26.8 Å². The lowest BCUT2D eigenvalue weighted by Gasteiger charge is -2.17. The molecule has 0 aromatic heterocycles. The molecule has 2 fully saturated rings. The molecular weight excluding hydrogens is 308 g/mol. The lowest BCUT2D eigenvalue weighted by Crippen LogP contribution is -2.37. The van der Waals surface area contributed by atoms with E-state index in [2.05, 4.69) is 5.32 Å². The molecule has 0 aliphatic carbocycles. The summed E-state index contributed by atoms with van der Waals surface area (Å²) in [6, 6.07) is 7.65. The van der Waals surface area contributed by atoms with Crippen LogP contribution in [0.4, 0.5) is 0 Å². The summed E-state index contributed by atoms with van der Waals surface area (Å²) in [5.74, 6) is 0.469. The number of hydrogen-bond acceptors (Lipinski definition) is 4. The quantitative estimate of drug-likeness (QED) is 0.854. The van der Waals surface area contributed by atoms with Crippen molar-refractivity contribution in [1.82, 2.24) is 10.2 Å². The highest BCUT2D eigenvalue weighted by Gasteiger charge is 2.34. The third-order valence-electron chi connectivity index (χ3n) is 4.62. The summed E-state index contributed by atoms with van der Waals surface area (Å²) >= 11 is 0. The number of carbonyl (C=O) groups is 2. The number of carbonyl (C=O) groups excluding carboxylic acids is 2. The van der Waals surface area contributed by atoms with E-state index in [9.17, 15) is 9.59 Å². The number of rotatable bonds is 6. The van der Waals surface area contributed by atoms with Gasteiger partial charge in [0.25, 0.3) is 0 Å². The Morgan fingerprint density at radius 2 is 2.33 bits per heavy atom. The molecule has 2 aliphatic rings. The number of methoxy groups -OCH3 is 1. The third-order valence-corrected chi connectivity index (χ3v) is 4.62. The second-order valence-electron chi connectivity index (χ2n) is 6.41. The Balaban J connectivity index is 1.51. The van der Waals surface area contributed by atoms with Crippen molar-refractivity contribution in [2.45, 2.75) is 31.9 Å². The fourth-order valence-corrected chi connectivity index (χ4v) is 3.26. The second kappa shape index (κ2) is 7.66. The van der Waals surface area contributed by atoms with Crippen LogP contribution in [0.5, 0.6) is 5.75 Å².